The fourth-order valence-corrected chi connectivity index (χ4v) is 11.6. The number of carbonyl (C=O) groups is 2. The van der Waals surface area contributed by atoms with E-state index in [1.165, 1.54) is 12.1 Å². The molecule has 17 nitrogen and oxygen atoms in total. The number of amides is 2. The van der Waals surface area contributed by atoms with Gasteiger partial charge in [-0.3, -0.25) is 9.59 Å². The van der Waals surface area contributed by atoms with Crippen LogP contribution in [0.2, 0.25) is 20.1 Å². The van der Waals surface area contributed by atoms with Crippen LogP contribution in [0.3, 0.4) is 0 Å². The number of fused-ring (bicyclic) bond motifs is 2. The van der Waals surface area contributed by atoms with Crippen LogP contribution in [0, 0.1) is 0 Å². The molecule has 2 aliphatic heterocycles. The van der Waals surface area contributed by atoms with Crippen LogP contribution in [0.15, 0.2) is 82.6 Å². The number of sulfonamides is 2. The molecule has 0 radical (unpaired) electrons. The second-order valence-electron chi connectivity index (χ2n) is 17.0. The number of rotatable bonds is 25. The third-order valence-corrected chi connectivity index (χ3v) is 15.8. The normalized spacial score (nSPS) is 17.4. The molecule has 2 aliphatic rings. The summed E-state index contributed by atoms with van der Waals surface area (Å²) in [6, 6.07) is 20.7. The van der Waals surface area contributed by atoms with Gasteiger partial charge in [0, 0.05) is 90.9 Å². The van der Waals surface area contributed by atoms with Gasteiger partial charge < -0.3 is 44.9 Å². The highest BCUT2D eigenvalue weighted by molar-refractivity contribution is 7.89. The molecule has 4 unspecified atom stereocenters. The van der Waals surface area contributed by atoms with Crippen molar-refractivity contribution in [1.29, 1.82) is 0 Å². The number of ether oxygens (including phenoxy) is 3. The number of halogens is 4. The van der Waals surface area contributed by atoms with Crippen molar-refractivity contribution in [2.75, 3.05) is 93.0 Å². The first-order chi connectivity index (χ1) is 33.3. The molecule has 4 aromatic rings. The first-order valence-corrected chi connectivity index (χ1v) is 27.0. The summed E-state index contributed by atoms with van der Waals surface area (Å²) in [5.74, 6) is -2.24. The quantitative estimate of drug-likeness (QED) is 0.0515. The first kappa shape index (κ1) is 55.8. The molecular weight excluding hydrogens is 1030 g/mol. The molecule has 0 fully saturated rings. The van der Waals surface area contributed by atoms with Crippen molar-refractivity contribution in [2.24, 2.45) is 0 Å². The number of benzene rings is 4. The minimum absolute atomic E-state index is 0.0108. The second-order valence-corrected chi connectivity index (χ2v) is 22.2. The monoisotopic (exact) mass is 1090 g/mol. The van der Waals surface area contributed by atoms with Crippen LogP contribution in [-0.4, -0.2) is 154 Å². The largest absolute Gasteiger partial charge is 0.380 e. The van der Waals surface area contributed by atoms with E-state index in [0.717, 1.165) is 33.4 Å². The van der Waals surface area contributed by atoms with Gasteiger partial charge in [0.05, 0.1) is 42.8 Å². The number of aliphatic hydroxyl groups is 2. The standard InChI is InChI=1S/C47H58Cl4N6O11S2/c1-56-26-38(36-22-32(48)24-42(50)40(36)28-56)30-6-3-8-34(20-30)69(62,63)54-10-5-14-66-15-11-52-46(60)44(58)45(59)47(61)53-12-16-67-18-19-68-17-13-55-70(64,65)35-9-4-7-31(21-35)39-27-57(2)29-41-37(39)23-33(49)25-43(41)51/h3-4,6-9,20-25,38-39,44-45,54-55,58-59H,5,10-19,26-29H2,1-2H3,(H,52,60)(H,53,61). The van der Waals surface area contributed by atoms with Gasteiger partial charge in [-0.05, 0) is 102 Å². The predicted molar refractivity (Wildman–Crippen MR) is 268 cm³/mol. The van der Waals surface area contributed by atoms with E-state index in [1.54, 1.807) is 36.4 Å². The van der Waals surface area contributed by atoms with Gasteiger partial charge in [0.1, 0.15) is 0 Å². The zero-order valence-electron chi connectivity index (χ0n) is 38.6. The Balaban J connectivity index is 0.792. The Morgan fingerprint density at radius 2 is 1.01 bits per heavy atom. The fraction of sp³-hybridized carbons (Fsp3) is 0.447. The molecule has 6 rings (SSSR count). The maximum Gasteiger partial charge on any atom is 0.252 e. The Kier molecular flexibility index (Phi) is 20.7. The Bertz CT molecular complexity index is 2690. The highest BCUT2D eigenvalue weighted by atomic mass is 35.5. The van der Waals surface area contributed by atoms with Crippen LogP contribution >= 0.6 is 46.4 Å². The molecule has 0 aromatic heterocycles. The molecule has 2 amide bonds. The number of hydrogen-bond acceptors (Lipinski definition) is 13. The van der Waals surface area contributed by atoms with Crippen molar-refractivity contribution in [1.82, 2.24) is 29.9 Å². The first-order valence-electron chi connectivity index (χ1n) is 22.5. The summed E-state index contributed by atoms with van der Waals surface area (Å²) in [4.78, 5) is 29.2. The fourth-order valence-electron chi connectivity index (χ4n) is 8.27. The van der Waals surface area contributed by atoms with Crippen LogP contribution in [0.4, 0.5) is 0 Å². The summed E-state index contributed by atoms with van der Waals surface area (Å²) in [6.07, 6.45) is -3.78. The smallest absolute Gasteiger partial charge is 0.252 e. The molecule has 70 heavy (non-hydrogen) atoms. The number of nitrogens with one attached hydrogen (secondary N) is 4. The maximum atomic E-state index is 13.2. The van der Waals surface area contributed by atoms with Crippen LogP contribution in [0.25, 0.3) is 0 Å². The van der Waals surface area contributed by atoms with E-state index in [4.69, 9.17) is 60.6 Å². The van der Waals surface area contributed by atoms with Gasteiger partial charge in [-0.2, -0.15) is 0 Å². The number of nitrogens with zero attached hydrogens (tertiary/aromatic N) is 2. The van der Waals surface area contributed by atoms with Crippen LogP contribution in [-0.2, 0) is 56.9 Å². The Labute approximate surface area is 429 Å². The van der Waals surface area contributed by atoms with E-state index >= 15 is 0 Å². The molecule has 0 saturated carbocycles. The van der Waals surface area contributed by atoms with E-state index in [1.807, 2.05) is 38.4 Å². The lowest BCUT2D eigenvalue weighted by molar-refractivity contribution is -0.146. The SMILES string of the molecule is CN1Cc2c(Cl)cc(Cl)cc2C(c2cccc(S(=O)(=O)NCCCOCCNC(=O)C(O)C(O)C(=O)NCCOCCOCCNS(=O)(=O)c3cccc(C4CN(C)Cc5c(Cl)cc(Cl)cc54)c3)c2)C1. The molecular formula is C47H58Cl4N6O11S2. The Morgan fingerprint density at radius 3 is 1.47 bits per heavy atom. The molecule has 23 heteroatoms. The molecule has 2 heterocycles. The molecule has 0 bridgehead atoms. The molecule has 382 valence electrons. The third-order valence-electron chi connectivity index (χ3n) is 11.7. The van der Waals surface area contributed by atoms with Crippen molar-refractivity contribution < 1.29 is 50.8 Å². The molecule has 6 N–H and O–H groups in total. The summed E-state index contributed by atoms with van der Waals surface area (Å²) in [5.41, 5.74) is 5.49. The summed E-state index contributed by atoms with van der Waals surface area (Å²) in [6.45, 7) is 3.18. The van der Waals surface area contributed by atoms with E-state index in [2.05, 4.69) is 29.9 Å². The van der Waals surface area contributed by atoms with Crippen LogP contribution < -0.4 is 20.1 Å². The van der Waals surface area contributed by atoms with Crippen molar-refractivity contribution in [2.45, 2.75) is 53.3 Å². The van der Waals surface area contributed by atoms with Gasteiger partial charge in [0.25, 0.3) is 11.8 Å². The summed E-state index contributed by atoms with van der Waals surface area (Å²) in [5, 5.41) is 27.3. The lowest BCUT2D eigenvalue weighted by atomic mass is 9.85. The van der Waals surface area contributed by atoms with Crippen LogP contribution in [0.5, 0.6) is 0 Å². The van der Waals surface area contributed by atoms with Gasteiger partial charge in [-0.25, -0.2) is 26.3 Å². The average Bonchev–Trinajstić information content (AvgIpc) is 3.32. The summed E-state index contributed by atoms with van der Waals surface area (Å²) in [7, 11) is -3.74. The van der Waals surface area contributed by atoms with Gasteiger partial charge in [0.2, 0.25) is 20.0 Å². The van der Waals surface area contributed by atoms with Gasteiger partial charge in [-0.15, -0.1) is 0 Å². The molecule has 0 aliphatic carbocycles. The zero-order valence-corrected chi connectivity index (χ0v) is 43.3. The predicted octanol–water partition coefficient (Wildman–Crippen LogP) is 4.11. The van der Waals surface area contributed by atoms with Gasteiger partial charge >= 0.3 is 0 Å². The van der Waals surface area contributed by atoms with E-state index in [-0.39, 0.29) is 87.4 Å². The average molecular weight is 1090 g/mol. The van der Waals surface area contributed by atoms with E-state index < -0.39 is 44.1 Å². The molecule has 4 atom stereocenters. The van der Waals surface area contributed by atoms with E-state index in [0.29, 0.717) is 52.7 Å². The van der Waals surface area contributed by atoms with E-state index in [9.17, 15) is 36.6 Å². The van der Waals surface area contributed by atoms with Crippen molar-refractivity contribution in [3.63, 3.8) is 0 Å². The molecule has 0 spiro atoms. The minimum atomic E-state index is -3.85. The van der Waals surface area contributed by atoms with Crippen molar-refractivity contribution in [3.8, 4) is 0 Å². The number of aliphatic hydroxyl groups excluding tert-OH is 2. The lowest BCUT2D eigenvalue weighted by Gasteiger charge is -2.33. The third kappa shape index (κ3) is 15.3. The van der Waals surface area contributed by atoms with Crippen molar-refractivity contribution in [3.05, 3.63) is 126 Å². The van der Waals surface area contributed by atoms with Crippen LogP contribution in [0.1, 0.15) is 51.6 Å². The van der Waals surface area contributed by atoms with Gasteiger partial charge in [-0.1, -0.05) is 70.7 Å². The summed E-state index contributed by atoms with van der Waals surface area (Å²) >= 11 is 25.7. The maximum absolute atomic E-state index is 13.2. The Morgan fingerprint density at radius 1 is 0.600 bits per heavy atom. The number of carbonyl (C=O) groups excluding carboxylic acids is 2. The molecule has 4 aromatic carbocycles. The second kappa shape index (κ2) is 26.0. The summed E-state index contributed by atoms with van der Waals surface area (Å²) < 4.78 is 74.1. The highest BCUT2D eigenvalue weighted by Crippen LogP contribution is 2.40. The number of likely N-dealkylation sites (N-methyl/N-ethyl adjacent to an activating group) is 2. The number of hydrogen-bond donors (Lipinski definition) is 6. The lowest BCUT2D eigenvalue weighted by Crippen LogP contribution is -2.50. The highest BCUT2D eigenvalue weighted by Gasteiger charge is 2.31. The zero-order chi connectivity index (χ0) is 50.6. The minimum Gasteiger partial charge on any atom is -0.380 e. The topological polar surface area (TPSA) is 225 Å². The molecule has 0 saturated heterocycles. The van der Waals surface area contributed by atoms with Gasteiger partial charge in [0.15, 0.2) is 12.2 Å². The van der Waals surface area contributed by atoms with Crippen molar-refractivity contribution >= 4 is 78.3 Å². The Hall–Kier alpha value is -3.48.